The van der Waals surface area contributed by atoms with Gasteiger partial charge in [0.05, 0.1) is 0 Å². The fourth-order valence-electron chi connectivity index (χ4n) is 1.72. The molecule has 0 bridgehead atoms. The van der Waals surface area contributed by atoms with E-state index in [9.17, 15) is 4.79 Å². The second-order valence-electron chi connectivity index (χ2n) is 3.86. The number of carbonyl (C=O) groups excluding carboxylic acids is 1. The number of nitrogens with one attached hydrogen (secondary N) is 2. The average molecular weight is 248 g/mol. The van der Waals surface area contributed by atoms with Crippen molar-refractivity contribution >= 4 is 27.3 Å². The predicted molar refractivity (Wildman–Crippen MR) is 72.2 cm³/mol. The molecule has 0 spiro atoms. The third kappa shape index (κ3) is 3.05. The number of fused-ring (bicyclic) bond motifs is 1. The summed E-state index contributed by atoms with van der Waals surface area (Å²) in [6, 6.07) is 8.39. The molecule has 1 aromatic heterocycles. The minimum Gasteiger partial charge on any atom is -0.359 e. The molecule has 3 nitrogen and oxygen atoms in total. The van der Waals surface area contributed by atoms with Gasteiger partial charge in [-0.3, -0.25) is 4.79 Å². The van der Waals surface area contributed by atoms with Crippen molar-refractivity contribution in [2.75, 3.05) is 13.6 Å². The molecule has 0 radical (unpaired) electrons. The van der Waals surface area contributed by atoms with Crippen molar-refractivity contribution in [3.05, 3.63) is 35.2 Å². The van der Waals surface area contributed by atoms with E-state index in [2.05, 4.69) is 40.3 Å². The number of benzene rings is 1. The van der Waals surface area contributed by atoms with Gasteiger partial charge in [-0.05, 0) is 22.4 Å². The highest BCUT2D eigenvalue weighted by molar-refractivity contribution is 7.17. The monoisotopic (exact) mass is 248 g/mol. The van der Waals surface area contributed by atoms with Crippen LogP contribution in [0.4, 0.5) is 0 Å². The van der Waals surface area contributed by atoms with Crippen molar-refractivity contribution in [3.8, 4) is 0 Å². The van der Waals surface area contributed by atoms with E-state index < -0.39 is 0 Å². The lowest BCUT2D eigenvalue weighted by molar-refractivity contribution is -0.120. The summed E-state index contributed by atoms with van der Waals surface area (Å²) in [6.07, 6.45) is 0.526. The van der Waals surface area contributed by atoms with Crippen LogP contribution >= 0.6 is 11.3 Å². The molecule has 1 aromatic carbocycles. The van der Waals surface area contributed by atoms with Gasteiger partial charge in [0.1, 0.15) is 0 Å². The smallest absolute Gasteiger partial charge is 0.221 e. The average Bonchev–Trinajstić information content (AvgIpc) is 2.78. The standard InChI is InChI=1S/C13H16N2OS/c1-14-13(16)6-7-15-8-10-9-17-12-5-3-2-4-11(10)12/h2-5,9,15H,6-8H2,1H3,(H,14,16). The Hall–Kier alpha value is -1.39. The first kappa shape index (κ1) is 12.1. The SMILES string of the molecule is CNC(=O)CCNCc1csc2ccccc12. The van der Waals surface area contributed by atoms with E-state index >= 15 is 0 Å². The molecule has 17 heavy (non-hydrogen) atoms. The molecular formula is C13H16N2OS. The van der Waals surface area contributed by atoms with E-state index in [-0.39, 0.29) is 5.91 Å². The van der Waals surface area contributed by atoms with Crippen LogP contribution in [0, 0.1) is 0 Å². The first-order valence-electron chi connectivity index (χ1n) is 5.67. The number of hydrogen-bond donors (Lipinski definition) is 2. The zero-order valence-corrected chi connectivity index (χ0v) is 10.6. The van der Waals surface area contributed by atoms with Gasteiger partial charge in [0.2, 0.25) is 5.91 Å². The quantitative estimate of drug-likeness (QED) is 0.796. The van der Waals surface area contributed by atoms with E-state index in [4.69, 9.17) is 0 Å². The Labute approximate surface area is 105 Å². The highest BCUT2D eigenvalue weighted by Crippen LogP contribution is 2.25. The molecule has 90 valence electrons. The Morgan fingerprint density at radius 2 is 2.18 bits per heavy atom. The number of thiophene rings is 1. The van der Waals surface area contributed by atoms with E-state index in [1.54, 1.807) is 18.4 Å². The number of hydrogen-bond acceptors (Lipinski definition) is 3. The number of carbonyl (C=O) groups is 1. The minimum atomic E-state index is 0.0766. The molecule has 0 aliphatic heterocycles. The molecule has 1 heterocycles. The van der Waals surface area contributed by atoms with Crippen molar-refractivity contribution in [1.82, 2.24) is 10.6 Å². The summed E-state index contributed by atoms with van der Waals surface area (Å²) in [4.78, 5) is 11.0. The van der Waals surface area contributed by atoms with Crippen LogP contribution in [0.1, 0.15) is 12.0 Å². The van der Waals surface area contributed by atoms with E-state index in [1.165, 1.54) is 15.6 Å². The van der Waals surface area contributed by atoms with Gasteiger partial charge >= 0.3 is 0 Å². The first-order chi connectivity index (χ1) is 8.31. The predicted octanol–water partition coefficient (Wildman–Crippen LogP) is 2.13. The molecule has 0 fully saturated rings. The van der Waals surface area contributed by atoms with Gasteiger partial charge in [0, 0.05) is 31.3 Å². The summed E-state index contributed by atoms with van der Waals surface area (Å²) in [5, 5.41) is 9.39. The molecule has 0 saturated carbocycles. The number of amides is 1. The topological polar surface area (TPSA) is 41.1 Å². The molecule has 0 atom stereocenters. The van der Waals surface area contributed by atoms with Crippen LogP contribution in [-0.2, 0) is 11.3 Å². The van der Waals surface area contributed by atoms with Crippen molar-refractivity contribution < 1.29 is 4.79 Å². The maximum Gasteiger partial charge on any atom is 0.221 e. The van der Waals surface area contributed by atoms with Crippen LogP contribution in [0.25, 0.3) is 10.1 Å². The van der Waals surface area contributed by atoms with Crippen molar-refractivity contribution in [3.63, 3.8) is 0 Å². The van der Waals surface area contributed by atoms with Crippen LogP contribution in [0.2, 0.25) is 0 Å². The maximum atomic E-state index is 11.0. The molecule has 0 aliphatic rings. The lowest BCUT2D eigenvalue weighted by atomic mass is 10.2. The van der Waals surface area contributed by atoms with Gasteiger partial charge in [-0.25, -0.2) is 0 Å². The fraction of sp³-hybridized carbons (Fsp3) is 0.308. The zero-order chi connectivity index (χ0) is 12.1. The van der Waals surface area contributed by atoms with Gasteiger partial charge in [-0.2, -0.15) is 0 Å². The fourth-order valence-corrected chi connectivity index (χ4v) is 2.68. The molecule has 0 saturated heterocycles. The molecular weight excluding hydrogens is 232 g/mol. The zero-order valence-electron chi connectivity index (χ0n) is 9.82. The summed E-state index contributed by atoms with van der Waals surface area (Å²) in [5.41, 5.74) is 1.31. The normalized spacial score (nSPS) is 10.6. The van der Waals surface area contributed by atoms with E-state index in [0.29, 0.717) is 13.0 Å². The third-order valence-electron chi connectivity index (χ3n) is 2.68. The van der Waals surface area contributed by atoms with Gasteiger partial charge in [-0.15, -0.1) is 11.3 Å². The maximum absolute atomic E-state index is 11.0. The van der Waals surface area contributed by atoms with Gasteiger partial charge in [0.25, 0.3) is 0 Å². The van der Waals surface area contributed by atoms with Crippen LogP contribution in [0.5, 0.6) is 0 Å². The summed E-state index contributed by atoms with van der Waals surface area (Å²) in [6.45, 7) is 1.53. The minimum absolute atomic E-state index is 0.0766. The molecule has 0 unspecified atom stereocenters. The van der Waals surface area contributed by atoms with Crippen LogP contribution in [0.3, 0.4) is 0 Å². The Bertz CT molecular complexity index is 507. The Morgan fingerprint density at radius 1 is 1.35 bits per heavy atom. The Morgan fingerprint density at radius 3 is 3.00 bits per heavy atom. The third-order valence-corrected chi connectivity index (χ3v) is 3.70. The van der Waals surface area contributed by atoms with Crippen molar-refractivity contribution in [2.45, 2.75) is 13.0 Å². The summed E-state index contributed by atoms with van der Waals surface area (Å²) in [5.74, 6) is 0.0766. The highest BCUT2D eigenvalue weighted by atomic mass is 32.1. The lowest BCUT2D eigenvalue weighted by Gasteiger charge is -2.03. The second-order valence-corrected chi connectivity index (χ2v) is 4.77. The van der Waals surface area contributed by atoms with E-state index in [1.807, 2.05) is 0 Å². The van der Waals surface area contributed by atoms with Gasteiger partial charge in [-0.1, -0.05) is 18.2 Å². The Balaban J connectivity index is 1.89. The van der Waals surface area contributed by atoms with E-state index in [0.717, 1.165) is 6.54 Å². The summed E-state index contributed by atoms with van der Waals surface area (Å²) >= 11 is 1.76. The van der Waals surface area contributed by atoms with Gasteiger partial charge in [0.15, 0.2) is 0 Å². The summed E-state index contributed by atoms with van der Waals surface area (Å²) < 4.78 is 1.32. The van der Waals surface area contributed by atoms with Gasteiger partial charge < -0.3 is 10.6 Å². The lowest BCUT2D eigenvalue weighted by Crippen LogP contribution is -2.24. The molecule has 4 heteroatoms. The van der Waals surface area contributed by atoms with Crippen LogP contribution in [-0.4, -0.2) is 19.5 Å². The molecule has 2 aromatic rings. The van der Waals surface area contributed by atoms with Crippen LogP contribution in [0.15, 0.2) is 29.6 Å². The Kier molecular flexibility index (Phi) is 4.12. The molecule has 2 N–H and O–H groups in total. The molecule has 2 rings (SSSR count). The van der Waals surface area contributed by atoms with Crippen molar-refractivity contribution in [2.24, 2.45) is 0 Å². The molecule has 1 amide bonds. The van der Waals surface area contributed by atoms with Crippen molar-refractivity contribution in [1.29, 1.82) is 0 Å². The highest BCUT2D eigenvalue weighted by Gasteiger charge is 2.03. The number of rotatable bonds is 5. The molecule has 0 aliphatic carbocycles. The van der Waals surface area contributed by atoms with Crippen LogP contribution < -0.4 is 10.6 Å². The first-order valence-corrected chi connectivity index (χ1v) is 6.55. The largest absolute Gasteiger partial charge is 0.359 e. The summed E-state index contributed by atoms with van der Waals surface area (Å²) in [7, 11) is 1.66. The second kappa shape index (κ2) is 5.80.